The smallest absolute Gasteiger partial charge is 0.276 e. The summed E-state index contributed by atoms with van der Waals surface area (Å²) in [5.41, 5.74) is 2.82. The van der Waals surface area contributed by atoms with Crippen molar-refractivity contribution >= 4 is 29.0 Å². The summed E-state index contributed by atoms with van der Waals surface area (Å²) in [7, 11) is 1.52. The zero-order chi connectivity index (χ0) is 19.9. The molecule has 3 rings (SSSR count). The van der Waals surface area contributed by atoms with Crippen molar-refractivity contribution in [1.82, 2.24) is 10.2 Å². The molecule has 0 atom stereocenters. The van der Waals surface area contributed by atoms with Gasteiger partial charge in [-0.15, -0.1) is 10.2 Å². The van der Waals surface area contributed by atoms with Gasteiger partial charge in [0, 0.05) is 17.6 Å². The Bertz CT molecular complexity index is 947. The molecule has 2 N–H and O–H groups in total. The number of nitrogens with one attached hydrogen (secondary N) is 2. The van der Waals surface area contributed by atoms with Crippen LogP contribution in [0.25, 0.3) is 0 Å². The lowest BCUT2D eigenvalue weighted by Gasteiger charge is -2.12. The number of amides is 1. The average molecular weight is 397 g/mol. The summed E-state index contributed by atoms with van der Waals surface area (Å²) in [6, 6.07) is 17.0. The van der Waals surface area contributed by atoms with E-state index in [1.807, 2.05) is 25.1 Å². The highest BCUT2D eigenvalue weighted by Gasteiger charge is 2.13. The molecule has 1 amide bonds. The molecule has 0 saturated carbocycles. The number of methoxy groups -OCH3 is 1. The lowest BCUT2D eigenvalue weighted by atomic mass is 10.1. The maximum absolute atomic E-state index is 12.5. The first-order valence-corrected chi connectivity index (χ1v) is 9.21. The Morgan fingerprint density at radius 2 is 1.89 bits per heavy atom. The number of hydrogen-bond acceptors (Lipinski definition) is 5. The molecule has 0 spiro atoms. The minimum atomic E-state index is -0.372. The van der Waals surface area contributed by atoms with Gasteiger partial charge in [-0.1, -0.05) is 41.9 Å². The number of aromatic nitrogens is 2. The topological polar surface area (TPSA) is 76.1 Å². The van der Waals surface area contributed by atoms with Gasteiger partial charge in [0.05, 0.1) is 12.8 Å². The summed E-state index contributed by atoms with van der Waals surface area (Å²) in [5, 5.41) is 14.6. The van der Waals surface area contributed by atoms with Gasteiger partial charge >= 0.3 is 0 Å². The van der Waals surface area contributed by atoms with Crippen molar-refractivity contribution in [2.45, 2.75) is 13.3 Å². The van der Waals surface area contributed by atoms with Crippen LogP contribution in [0.2, 0.25) is 5.02 Å². The highest BCUT2D eigenvalue weighted by Crippen LogP contribution is 2.31. The molecule has 0 aliphatic rings. The van der Waals surface area contributed by atoms with E-state index >= 15 is 0 Å². The van der Waals surface area contributed by atoms with Crippen LogP contribution >= 0.6 is 11.6 Å². The van der Waals surface area contributed by atoms with Gasteiger partial charge in [-0.25, -0.2) is 0 Å². The standard InChI is InChI=1S/C21H21ClN4O2/c1-14-12-18(19(28-2)13-16(14)22)24-21(27)17-8-9-20(26-25-17)23-11-10-15-6-4-3-5-7-15/h3-9,12-13H,10-11H2,1-2H3,(H,23,26)(H,24,27). The van der Waals surface area contributed by atoms with E-state index in [1.54, 1.807) is 24.3 Å². The molecule has 0 unspecified atom stereocenters. The highest BCUT2D eigenvalue weighted by molar-refractivity contribution is 6.31. The van der Waals surface area contributed by atoms with Crippen LogP contribution in [-0.2, 0) is 6.42 Å². The SMILES string of the molecule is COc1cc(Cl)c(C)cc1NC(=O)c1ccc(NCCc2ccccc2)nn1. The second-order valence-electron chi connectivity index (χ2n) is 6.22. The van der Waals surface area contributed by atoms with Crippen molar-refractivity contribution in [3.63, 3.8) is 0 Å². The molecule has 6 nitrogen and oxygen atoms in total. The van der Waals surface area contributed by atoms with Crippen LogP contribution in [-0.4, -0.2) is 29.8 Å². The summed E-state index contributed by atoms with van der Waals surface area (Å²) in [5.74, 6) is 0.729. The monoisotopic (exact) mass is 396 g/mol. The Balaban J connectivity index is 1.60. The Hall–Kier alpha value is -3.12. The van der Waals surface area contributed by atoms with Gasteiger partial charge < -0.3 is 15.4 Å². The second-order valence-corrected chi connectivity index (χ2v) is 6.63. The predicted octanol–water partition coefficient (Wildman–Crippen LogP) is 4.35. The van der Waals surface area contributed by atoms with E-state index in [1.165, 1.54) is 12.7 Å². The van der Waals surface area contributed by atoms with Gasteiger partial charge in [0.1, 0.15) is 11.6 Å². The number of carbonyl (C=O) groups excluding carboxylic acids is 1. The van der Waals surface area contributed by atoms with Crippen molar-refractivity contribution < 1.29 is 9.53 Å². The number of anilines is 2. The largest absolute Gasteiger partial charge is 0.495 e. The molecule has 28 heavy (non-hydrogen) atoms. The number of benzene rings is 2. The quantitative estimate of drug-likeness (QED) is 0.620. The molecule has 0 bridgehead atoms. The molecule has 1 aromatic heterocycles. The predicted molar refractivity (Wildman–Crippen MR) is 111 cm³/mol. The van der Waals surface area contributed by atoms with E-state index in [0.29, 0.717) is 22.3 Å². The molecular formula is C21H21ClN4O2. The fraction of sp³-hybridized carbons (Fsp3) is 0.190. The number of aryl methyl sites for hydroxylation is 1. The first-order valence-electron chi connectivity index (χ1n) is 8.84. The van der Waals surface area contributed by atoms with Crippen LogP contribution in [0.1, 0.15) is 21.6 Å². The van der Waals surface area contributed by atoms with Crippen molar-refractivity contribution in [1.29, 1.82) is 0 Å². The molecule has 144 valence electrons. The van der Waals surface area contributed by atoms with Gasteiger partial charge in [0.2, 0.25) is 0 Å². The first-order chi connectivity index (χ1) is 13.6. The molecule has 2 aromatic carbocycles. The Labute approximate surface area is 168 Å². The summed E-state index contributed by atoms with van der Waals surface area (Å²) >= 11 is 6.09. The maximum atomic E-state index is 12.5. The van der Waals surface area contributed by atoms with Crippen molar-refractivity contribution in [3.8, 4) is 5.75 Å². The van der Waals surface area contributed by atoms with Gasteiger partial charge in [-0.2, -0.15) is 0 Å². The van der Waals surface area contributed by atoms with Gasteiger partial charge in [0.15, 0.2) is 5.69 Å². The van der Waals surface area contributed by atoms with Crippen molar-refractivity contribution in [3.05, 3.63) is 76.4 Å². The van der Waals surface area contributed by atoms with Gasteiger partial charge in [-0.05, 0) is 42.7 Å². The molecular weight excluding hydrogens is 376 g/mol. The Morgan fingerprint density at radius 1 is 1.11 bits per heavy atom. The number of halogens is 1. The van der Waals surface area contributed by atoms with Crippen molar-refractivity contribution in [2.24, 2.45) is 0 Å². The average Bonchev–Trinajstić information content (AvgIpc) is 2.72. The highest BCUT2D eigenvalue weighted by atomic mass is 35.5. The van der Waals surface area contributed by atoms with Crippen LogP contribution in [0.15, 0.2) is 54.6 Å². The van der Waals surface area contributed by atoms with Crippen LogP contribution in [0.4, 0.5) is 11.5 Å². The molecule has 0 radical (unpaired) electrons. The summed E-state index contributed by atoms with van der Waals surface area (Å²) < 4.78 is 5.27. The number of rotatable bonds is 7. The lowest BCUT2D eigenvalue weighted by Crippen LogP contribution is -2.16. The van der Waals surface area contributed by atoms with Gasteiger partial charge in [0.25, 0.3) is 5.91 Å². The first kappa shape index (κ1) is 19.6. The fourth-order valence-electron chi connectivity index (χ4n) is 2.64. The molecule has 0 fully saturated rings. The lowest BCUT2D eigenvalue weighted by molar-refractivity contribution is 0.102. The number of nitrogens with zero attached hydrogens (tertiary/aromatic N) is 2. The van der Waals surface area contributed by atoms with E-state index in [-0.39, 0.29) is 11.6 Å². The van der Waals surface area contributed by atoms with Crippen LogP contribution < -0.4 is 15.4 Å². The van der Waals surface area contributed by atoms with Crippen LogP contribution in [0, 0.1) is 6.92 Å². The third-order valence-corrected chi connectivity index (χ3v) is 4.60. The number of ether oxygens (including phenoxy) is 1. The van der Waals surface area contributed by atoms with Crippen molar-refractivity contribution in [2.75, 3.05) is 24.3 Å². The van der Waals surface area contributed by atoms with Gasteiger partial charge in [-0.3, -0.25) is 4.79 Å². The van der Waals surface area contributed by atoms with Crippen LogP contribution in [0.5, 0.6) is 5.75 Å². The Morgan fingerprint density at radius 3 is 2.57 bits per heavy atom. The third-order valence-electron chi connectivity index (χ3n) is 4.19. The molecule has 0 aliphatic heterocycles. The molecule has 1 heterocycles. The van der Waals surface area contributed by atoms with E-state index in [2.05, 4.69) is 33.0 Å². The van der Waals surface area contributed by atoms with Crippen LogP contribution in [0.3, 0.4) is 0 Å². The zero-order valence-corrected chi connectivity index (χ0v) is 16.5. The zero-order valence-electron chi connectivity index (χ0n) is 15.7. The maximum Gasteiger partial charge on any atom is 0.276 e. The minimum Gasteiger partial charge on any atom is -0.495 e. The molecule has 0 aliphatic carbocycles. The summed E-state index contributed by atoms with van der Waals surface area (Å²) in [6.45, 7) is 2.58. The normalized spacial score (nSPS) is 10.4. The Kier molecular flexibility index (Phi) is 6.45. The van der Waals surface area contributed by atoms with E-state index in [0.717, 1.165) is 18.5 Å². The number of hydrogen-bond donors (Lipinski definition) is 2. The summed E-state index contributed by atoms with van der Waals surface area (Å²) in [4.78, 5) is 12.5. The second kappa shape index (κ2) is 9.19. The minimum absolute atomic E-state index is 0.211. The van der Waals surface area contributed by atoms with E-state index < -0.39 is 0 Å². The molecule has 0 saturated heterocycles. The molecule has 7 heteroatoms. The third kappa shape index (κ3) is 4.98. The summed E-state index contributed by atoms with van der Waals surface area (Å²) in [6.07, 6.45) is 0.875. The fourth-order valence-corrected chi connectivity index (χ4v) is 2.80. The van der Waals surface area contributed by atoms with E-state index in [4.69, 9.17) is 16.3 Å². The molecule has 3 aromatic rings. The van der Waals surface area contributed by atoms with E-state index in [9.17, 15) is 4.79 Å². The number of carbonyl (C=O) groups is 1.